The molecule has 0 N–H and O–H groups in total. The molecular formula is C22H13F20N. The minimum absolute atomic E-state index is 0.0556. The van der Waals surface area contributed by atoms with Crippen LogP contribution in [0.25, 0.3) is 0 Å². The third-order valence-electron chi connectivity index (χ3n) is 8.10. The highest BCUT2D eigenvalue weighted by Crippen LogP contribution is 2.76. The van der Waals surface area contributed by atoms with E-state index in [4.69, 9.17) is 0 Å². The highest BCUT2D eigenvalue weighted by atomic mass is 19.4. The van der Waals surface area contributed by atoms with E-state index in [-0.39, 0.29) is 6.42 Å². The van der Waals surface area contributed by atoms with Gasteiger partial charge in [0.05, 0.1) is 0 Å². The number of rotatable bonds is 3. The van der Waals surface area contributed by atoms with Crippen molar-refractivity contribution in [2.24, 2.45) is 11.8 Å². The van der Waals surface area contributed by atoms with Crippen molar-refractivity contribution in [1.82, 2.24) is 0 Å². The molecule has 3 unspecified atom stereocenters. The van der Waals surface area contributed by atoms with Gasteiger partial charge in [-0.2, -0.15) is 52.7 Å². The maximum atomic E-state index is 16.6. The number of alkyl halides is 15. The zero-order chi connectivity index (χ0) is 33.3. The normalized spacial score (nSPS) is 33.5. The number of nitrogens with zero attached hydrogens (tertiary/aromatic N) is 1. The predicted octanol–water partition coefficient (Wildman–Crippen LogP) is 8.89. The summed E-state index contributed by atoms with van der Waals surface area (Å²) in [6.45, 7) is 0. The second-order valence-corrected chi connectivity index (χ2v) is 10.4. The van der Waals surface area contributed by atoms with Crippen molar-refractivity contribution in [3.05, 3.63) is 29.1 Å². The molecule has 1 aromatic rings. The average molecular weight is 671 g/mol. The SMILES string of the molecule is Fc1c(F)c(F)c(N(C2CCCCC2)C2(F)C(F)(F)C3C(C(F)(F)C(F)(F)C(F)(F)C3(F)F)C(F)(F)C2(F)F)c(F)c1F. The summed E-state index contributed by atoms with van der Waals surface area (Å²) in [6, 6.07) is -2.80. The van der Waals surface area contributed by atoms with E-state index in [2.05, 4.69) is 0 Å². The van der Waals surface area contributed by atoms with Crippen LogP contribution in [0, 0.1) is 40.9 Å². The summed E-state index contributed by atoms with van der Waals surface area (Å²) in [7, 11) is 0. The van der Waals surface area contributed by atoms with Gasteiger partial charge < -0.3 is 4.90 Å². The first-order valence-corrected chi connectivity index (χ1v) is 11.8. The molecule has 0 bridgehead atoms. The minimum Gasteiger partial charge on any atom is -0.321 e. The summed E-state index contributed by atoms with van der Waals surface area (Å²) >= 11 is 0. The van der Waals surface area contributed by atoms with Gasteiger partial charge in [-0.05, 0) is 12.8 Å². The third-order valence-corrected chi connectivity index (χ3v) is 8.10. The minimum atomic E-state index is -7.79. The Kier molecular flexibility index (Phi) is 7.09. The largest absolute Gasteiger partial charge is 0.378 e. The number of anilines is 1. The van der Waals surface area contributed by atoms with Crippen molar-refractivity contribution in [3.63, 3.8) is 0 Å². The lowest BCUT2D eigenvalue weighted by atomic mass is 9.57. The van der Waals surface area contributed by atoms with Gasteiger partial charge in [0, 0.05) is 6.04 Å². The molecule has 0 amide bonds. The van der Waals surface area contributed by atoms with Crippen LogP contribution in [-0.2, 0) is 0 Å². The first kappa shape index (κ1) is 33.5. The fourth-order valence-corrected chi connectivity index (χ4v) is 5.98. The van der Waals surface area contributed by atoms with Crippen LogP contribution in [0.5, 0.6) is 0 Å². The molecule has 3 aliphatic carbocycles. The molecule has 0 saturated heterocycles. The number of fused-ring (bicyclic) bond motifs is 1. The van der Waals surface area contributed by atoms with Crippen LogP contribution in [0.2, 0.25) is 0 Å². The zero-order valence-electron chi connectivity index (χ0n) is 20.3. The van der Waals surface area contributed by atoms with Gasteiger partial charge in [-0.15, -0.1) is 0 Å². The van der Waals surface area contributed by atoms with Gasteiger partial charge in [0.15, 0.2) is 23.3 Å². The van der Waals surface area contributed by atoms with Crippen molar-refractivity contribution < 1.29 is 87.8 Å². The molecule has 0 radical (unpaired) electrons. The molecule has 0 spiro atoms. The summed E-state index contributed by atoms with van der Waals surface area (Å²) in [5, 5.41) is 0. The van der Waals surface area contributed by atoms with Crippen molar-refractivity contribution >= 4 is 5.69 Å². The molecule has 4 rings (SSSR count). The second-order valence-electron chi connectivity index (χ2n) is 10.4. The summed E-state index contributed by atoms with van der Waals surface area (Å²) in [5.74, 6) is -89.9. The predicted molar refractivity (Wildman–Crippen MR) is 101 cm³/mol. The Morgan fingerprint density at radius 3 is 1.14 bits per heavy atom. The first-order valence-electron chi connectivity index (χ1n) is 11.8. The Labute approximate surface area is 225 Å². The van der Waals surface area contributed by atoms with E-state index in [0.29, 0.717) is 0 Å². The fraction of sp³-hybridized carbons (Fsp3) is 0.727. The molecule has 21 heteroatoms. The van der Waals surface area contributed by atoms with Gasteiger partial charge in [-0.1, -0.05) is 19.3 Å². The fourth-order valence-electron chi connectivity index (χ4n) is 5.98. The molecular weight excluding hydrogens is 658 g/mol. The number of halogens is 20. The van der Waals surface area contributed by atoms with Crippen molar-refractivity contribution in [1.29, 1.82) is 0 Å². The van der Waals surface area contributed by atoms with Gasteiger partial charge in [0.2, 0.25) is 5.82 Å². The maximum absolute atomic E-state index is 16.6. The van der Waals surface area contributed by atoms with Crippen molar-refractivity contribution in [2.45, 2.75) is 85.4 Å². The molecule has 3 saturated carbocycles. The first-order chi connectivity index (χ1) is 19.1. The van der Waals surface area contributed by atoms with Crippen molar-refractivity contribution in [3.8, 4) is 0 Å². The summed E-state index contributed by atoms with van der Waals surface area (Å²) in [5.41, 5.74) is -3.19. The lowest BCUT2D eigenvalue weighted by Crippen LogP contribution is -2.89. The van der Waals surface area contributed by atoms with Crippen LogP contribution in [0.15, 0.2) is 0 Å². The molecule has 246 valence electrons. The Bertz CT molecular complexity index is 1270. The average Bonchev–Trinajstić information content (AvgIpc) is 2.89. The summed E-state index contributed by atoms with van der Waals surface area (Å²) in [4.78, 5) is -1.92. The van der Waals surface area contributed by atoms with E-state index in [1.807, 2.05) is 0 Å². The topological polar surface area (TPSA) is 3.24 Å². The molecule has 0 heterocycles. The number of hydrogen-bond acceptors (Lipinski definition) is 1. The van der Waals surface area contributed by atoms with Gasteiger partial charge in [0.25, 0.3) is 0 Å². The third kappa shape index (κ3) is 3.55. The van der Waals surface area contributed by atoms with E-state index in [1.54, 1.807) is 0 Å². The molecule has 1 aromatic carbocycles. The Morgan fingerprint density at radius 1 is 0.419 bits per heavy atom. The second kappa shape index (κ2) is 9.09. The van der Waals surface area contributed by atoms with Crippen molar-refractivity contribution in [2.75, 3.05) is 4.90 Å². The Morgan fingerprint density at radius 2 is 0.744 bits per heavy atom. The quantitative estimate of drug-likeness (QED) is 0.134. The monoisotopic (exact) mass is 671 g/mol. The number of hydrogen-bond donors (Lipinski definition) is 0. The zero-order valence-corrected chi connectivity index (χ0v) is 20.3. The summed E-state index contributed by atoms with van der Waals surface area (Å²) < 4.78 is 295. The molecule has 3 aliphatic rings. The molecule has 0 aliphatic heterocycles. The maximum Gasteiger partial charge on any atom is 0.378 e. The van der Waals surface area contributed by atoms with Gasteiger partial charge in [-0.25, -0.2) is 35.1 Å². The van der Waals surface area contributed by atoms with Crippen LogP contribution < -0.4 is 4.90 Å². The van der Waals surface area contributed by atoms with Crippen LogP contribution in [0.3, 0.4) is 0 Å². The summed E-state index contributed by atoms with van der Waals surface area (Å²) in [6.07, 6.45) is -3.25. The highest BCUT2D eigenvalue weighted by molar-refractivity contribution is 5.56. The van der Waals surface area contributed by atoms with E-state index < -0.39 is 130 Å². The number of benzene rings is 1. The van der Waals surface area contributed by atoms with Crippen LogP contribution in [0.4, 0.5) is 93.5 Å². The van der Waals surface area contributed by atoms with Gasteiger partial charge in [-0.3, -0.25) is 0 Å². The van der Waals surface area contributed by atoms with Gasteiger partial charge in [0.1, 0.15) is 17.5 Å². The van der Waals surface area contributed by atoms with Crippen LogP contribution in [0.1, 0.15) is 32.1 Å². The Balaban J connectivity index is 2.18. The lowest BCUT2D eigenvalue weighted by molar-refractivity contribution is -0.501. The van der Waals surface area contributed by atoms with E-state index >= 15 is 30.7 Å². The van der Waals surface area contributed by atoms with E-state index in [0.717, 1.165) is 0 Å². The Hall–Kier alpha value is -2.38. The van der Waals surface area contributed by atoms with E-state index in [1.165, 1.54) is 0 Å². The molecule has 3 atom stereocenters. The standard InChI is InChI=1S/C22H13F20N/c23-7-8(24)10(26)12(11(27)9(7)25)43(6-4-2-1-3-5-6)22(42)18(34,35)14-13(17(32,33)21(22,40)41)15(28,29)19(36,37)20(38,39)16(14,30)31/h6,13-14H,1-5H2. The van der Waals surface area contributed by atoms with Crippen LogP contribution >= 0.6 is 0 Å². The highest BCUT2D eigenvalue weighted by Gasteiger charge is 3.02. The molecule has 1 nitrogen and oxygen atoms in total. The van der Waals surface area contributed by atoms with E-state index in [9.17, 15) is 57.1 Å². The molecule has 0 aromatic heterocycles. The smallest absolute Gasteiger partial charge is 0.321 e. The van der Waals surface area contributed by atoms with Crippen LogP contribution in [-0.4, -0.2) is 53.3 Å². The van der Waals surface area contributed by atoms with Gasteiger partial charge >= 0.3 is 47.3 Å². The molecule has 3 fully saturated rings. The lowest BCUT2D eigenvalue weighted by Gasteiger charge is -2.62. The molecule has 43 heavy (non-hydrogen) atoms.